The van der Waals surface area contributed by atoms with Crippen LogP contribution in [0.3, 0.4) is 0 Å². The number of allylic oxidation sites excluding steroid dienone is 1. The molecule has 27 heavy (non-hydrogen) atoms. The van der Waals surface area contributed by atoms with Gasteiger partial charge < -0.3 is 0 Å². The van der Waals surface area contributed by atoms with E-state index in [1.807, 2.05) is 36.5 Å². The average molecular weight is 430 g/mol. The molecule has 6 heteroatoms. The Morgan fingerprint density at radius 1 is 1.07 bits per heavy atom. The summed E-state index contributed by atoms with van der Waals surface area (Å²) in [6, 6.07) is 9.41. The summed E-state index contributed by atoms with van der Waals surface area (Å²) in [6.45, 7) is 0. The maximum absolute atomic E-state index is 12.7. The van der Waals surface area contributed by atoms with Crippen LogP contribution >= 0.6 is 0 Å². The van der Waals surface area contributed by atoms with Crippen LogP contribution in [-0.4, -0.2) is 47.1 Å². The molecule has 0 aliphatic rings. The second kappa shape index (κ2) is 8.33. The van der Waals surface area contributed by atoms with E-state index in [0.717, 1.165) is 26.7 Å². The number of carbonyl (C=O) groups is 1. The van der Waals surface area contributed by atoms with E-state index in [1.165, 1.54) is 0 Å². The molecule has 0 radical (unpaired) electrons. The first kappa shape index (κ1) is 19.1. The number of methoxy groups -OCH3 is 3. The number of carbonyl (C=O) groups excluding carboxylic acids is 1. The third-order valence-corrected chi connectivity index (χ3v) is 5.84. The first-order valence-corrected chi connectivity index (χ1v) is 10.9. The van der Waals surface area contributed by atoms with Gasteiger partial charge in [-0.3, -0.25) is 0 Å². The molecule has 0 bridgehead atoms. The molecule has 2 aromatic carbocycles. The van der Waals surface area contributed by atoms with Gasteiger partial charge in [-0.1, -0.05) is 0 Å². The van der Waals surface area contributed by atoms with Crippen LogP contribution in [0.2, 0.25) is 5.82 Å². The molecule has 0 saturated heterocycles. The van der Waals surface area contributed by atoms with Crippen molar-refractivity contribution in [1.82, 2.24) is 4.98 Å². The number of hydrogen-bond acceptors (Lipinski definition) is 4. The maximum atomic E-state index is 12.7. The minimum atomic E-state index is -0.0793. The van der Waals surface area contributed by atoms with E-state index in [1.54, 1.807) is 33.5 Å². The summed E-state index contributed by atoms with van der Waals surface area (Å²) >= 11 is 0.175. The third kappa shape index (κ3) is 3.87. The number of aromatic amines is 1. The zero-order valence-electron chi connectivity index (χ0n) is 15.7. The fourth-order valence-electron chi connectivity index (χ4n) is 2.88. The quantitative estimate of drug-likeness (QED) is 0.354. The van der Waals surface area contributed by atoms with Crippen molar-refractivity contribution in [3.8, 4) is 17.2 Å². The van der Waals surface area contributed by atoms with Crippen molar-refractivity contribution in [1.29, 1.82) is 0 Å². The van der Waals surface area contributed by atoms with Crippen LogP contribution in [0.25, 0.3) is 17.0 Å². The topological polar surface area (TPSA) is 60.6 Å². The second-order valence-electron chi connectivity index (χ2n) is 5.77. The number of ether oxygens (including phenoxy) is 3. The van der Waals surface area contributed by atoms with Gasteiger partial charge in [0.1, 0.15) is 0 Å². The molecule has 0 spiro atoms. The number of fused-ring (bicyclic) bond motifs is 1. The SMILES string of the molecule is COc1ccc2c(/C=C/C(=O)c3cc(OC)c(OC)c([Se]C)c3)c[nH]c2c1. The van der Waals surface area contributed by atoms with Crippen LogP contribution in [-0.2, 0) is 0 Å². The molecule has 1 N–H and O–H groups in total. The molecule has 0 fully saturated rings. The van der Waals surface area contributed by atoms with Crippen molar-refractivity contribution < 1.29 is 19.0 Å². The molecule has 3 aromatic rings. The van der Waals surface area contributed by atoms with Gasteiger partial charge in [0.2, 0.25) is 0 Å². The molecule has 0 unspecified atom stereocenters. The molecule has 3 rings (SSSR count). The Bertz CT molecular complexity index is 982. The molecular weight excluding hydrogens is 409 g/mol. The summed E-state index contributed by atoms with van der Waals surface area (Å²) in [5.41, 5.74) is 2.49. The van der Waals surface area contributed by atoms with Crippen LogP contribution in [0.5, 0.6) is 17.2 Å². The van der Waals surface area contributed by atoms with E-state index in [2.05, 4.69) is 10.8 Å². The fraction of sp³-hybridized carbons (Fsp3) is 0.190. The molecule has 0 aliphatic heterocycles. The number of aromatic nitrogens is 1. The zero-order chi connectivity index (χ0) is 19.4. The van der Waals surface area contributed by atoms with E-state index in [4.69, 9.17) is 14.2 Å². The zero-order valence-corrected chi connectivity index (χ0v) is 17.4. The Morgan fingerprint density at radius 2 is 1.89 bits per heavy atom. The summed E-state index contributed by atoms with van der Waals surface area (Å²) in [5, 5.41) is 1.03. The fourth-order valence-corrected chi connectivity index (χ4v) is 4.17. The third-order valence-electron chi connectivity index (χ3n) is 4.28. The van der Waals surface area contributed by atoms with Crippen LogP contribution in [0, 0.1) is 0 Å². The molecule has 1 heterocycles. The van der Waals surface area contributed by atoms with Crippen molar-refractivity contribution >= 4 is 42.2 Å². The number of nitrogens with one attached hydrogen (secondary N) is 1. The van der Waals surface area contributed by atoms with Gasteiger partial charge in [-0.2, -0.15) is 0 Å². The number of H-pyrrole nitrogens is 1. The first-order chi connectivity index (χ1) is 13.1. The van der Waals surface area contributed by atoms with Crippen LogP contribution in [0.15, 0.2) is 42.6 Å². The van der Waals surface area contributed by atoms with Crippen molar-refractivity contribution in [3.05, 3.63) is 53.7 Å². The van der Waals surface area contributed by atoms with E-state index in [0.29, 0.717) is 17.1 Å². The van der Waals surface area contributed by atoms with Gasteiger partial charge in [0.05, 0.1) is 7.11 Å². The Morgan fingerprint density at radius 3 is 2.56 bits per heavy atom. The van der Waals surface area contributed by atoms with Gasteiger partial charge in [0, 0.05) is 0 Å². The summed E-state index contributed by atoms with van der Waals surface area (Å²) in [4.78, 5) is 15.9. The second-order valence-corrected chi connectivity index (χ2v) is 7.55. The number of rotatable bonds is 7. The van der Waals surface area contributed by atoms with Gasteiger partial charge in [0.25, 0.3) is 0 Å². The molecule has 0 atom stereocenters. The predicted octanol–water partition coefficient (Wildman–Crippen LogP) is 3.47. The normalized spacial score (nSPS) is 11.1. The number of hydrogen-bond donors (Lipinski definition) is 1. The number of ketones is 1. The van der Waals surface area contributed by atoms with Crippen LogP contribution in [0.1, 0.15) is 15.9 Å². The van der Waals surface area contributed by atoms with Crippen LogP contribution < -0.4 is 18.7 Å². The number of benzene rings is 2. The Kier molecular flexibility index (Phi) is 5.89. The van der Waals surface area contributed by atoms with E-state index < -0.39 is 0 Å². The summed E-state index contributed by atoms with van der Waals surface area (Å²) in [5.74, 6) is 4.06. The summed E-state index contributed by atoms with van der Waals surface area (Å²) in [6.07, 6.45) is 5.28. The first-order valence-electron chi connectivity index (χ1n) is 8.28. The van der Waals surface area contributed by atoms with E-state index in [-0.39, 0.29) is 20.7 Å². The van der Waals surface area contributed by atoms with Crippen molar-refractivity contribution in [2.45, 2.75) is 5.82 Å². The Balaban J connectivity index is 1.91. The van der Waals surface area contributed by atoms with E-state index in [9.17, 15) is 4.79 Å². The molecule has 5 nitrogen and oxygen atoms in total. The molecule has 0 saturated carbocycles. The summed E-state index contributed by atoms with van der Waals surface area (Å²) in [7, 11) is 4.83. The predicted molar refractivity (Wildman–Crippen MR) is 109 cm³/mol. The van der Waals surface area contributed by atoms with Gasteiger partial charge in [-0.25, -0.2) is 0 Å². The van der Waals surface area contributed by atoms with Gasteiger partial charge in [-0.15, -0.1) is 0 Å². The molecule has 1 aromatic heterocycles. The van der Waals surface area contributed by atoms with Gasteiger partial charge in [0.15, 0.2) is 0 Å². The Hall–Kier alpha value is -2.69. The standard InChI is InChI=1S/C21H21NO4Se/c1-24-15-6-7-16-13(12-22-17(16)11-15)5-8-18(23)14-9-19(25-2)21(26-3)20(10-14)27-4/h5-12,22H,1-4H3/b8-5+. The molecule has 0 amide bonds. The molecule has 140 valence electrons. The van der Waals surface area contributed by atoms with Crippen molar-refractivity contribution in [2.75, 3.05) is 21.3 Å². The molecule has 0 aliphatic carbocycles. The summed E-state index contributed by atoms with van der Waals surface area (Å²) < 4.78 is 17.1. The van der Waals surface area contributed by atoms with Crippen LogP contribution in [0.4, 0.5) is 0 Å². The minimum absolute atomic E-state index is 0.0793. The van der Waals surface area contributed by atoms with Gasteiger partial charge >= 0.3 is 157 Å². The Labute approximate surface area is 164 Å². The van der Waals surface area contributed by atoms with E-state index >= 15 is 0 Å². The van der Waals surface area contributed by atoms with Gasteiger partial charge in [-0.05, 0) is 0 Å². The van der Waals surface area contributed by atoms with Crippen molar-refractivity contribution in [3.63, 3.8) is 0 Å². The average Bonchev–Trinajstić information content (AvgIpc) is 3.12. The monoisotopic (exact) mass is 431 g/mol. The van der Waals surface area contributed by atoms with Crippen molar-refractivity contribution in [2.24, 2.45) is 0 Å². The molecular formula is C21H21NO4Se.